The summed E-state index contributed by atoms with van der Waals surface area (Å²) < 4.78 is 7.51. The Morgan fingerprint density at radius 1 is 0.941 bits per heavy atom. The Balaban J connectivity index is 1.33. The van der Waals surface area contributed by atoms with E-state index in [2.05, 4.69) is 25.4 Å². The molecule has 2 aromatic carbocycles. The number of amides is 2. The molecule has 1 aliphatic heterocycles. The first-order valence-corrected chi connectivity index (χ1v) is 11.9. The van der Waals surface area contributed by atoms with E-state index in [0.29, 0.717) is 19.4 Å². The van der Waals surface area contributed by atoms with Crippen LogP contribution in [-0.2, 0) is 41.9 Å². The minimum atomic E-state index is -0.749. The molecule has 8 nitrogen and oxygen atoms in total. The predicted molar refractivity (Wildman–Crippen MR) is 128 cm³/mol. The van der Waals surface area contributed by atoms with E-state index in [0.717, 1.165) is 48.6 Å². The monoisotopic (exact) mass is 461 g/mol. The molecule has 2 heterocycles. The molecule has 34 heavy (non-hydrogen) atoms. The highest BCUT2D eigenvalue weighted by Gasteiger charge is 2.22. The standard InChI is InChI=1S/C26H31N5O3/c32-25(27-16-15-24-30-29-23-14-8-3-9-17-31(23)24)22(18-20-10-4-1-5-11-20)28-26(33)34-19-21-12-6-2-7-13-21/h1-2,4-7,10-13,22H,3,8-9,14-19H2,(H,27,32)(H,28,33). The van der Waals surface area contributed by atoms with Gasteiger partial charge in [-0.3, -0.25) is 4.79 Å². The number of carbonyl (C=O) groups is 2. The van der Waals surface area contributed by atoms with Crippen molar-refractivity contribution in [2.24, 2.45) is 0 Å². The van der Waals surface area contributed by atoms with Gasteiger partial charge in [-0.25, -0.2) is 4.79 Å². The van der Waals surface area contributed by atoms with E-state index >= 15 is 0 Å². The fourth-order valence-electron chi connectivity index (χ4n) is 4.12. The van der Waals surface area contributed by atoms with Gasteiger partial charge >= 0.3 is 6.09 Å². The molecule has 4 rings (SSSR count). The predicted octanol–water partition coefficient (Wildman–Crippen LogP) is 3.20. The van der Waals surface area contributed by atoms with Crippen molar-refractivity contribution in [1.82, 2.24) is 25.4 Å². The maximum absolute atomic E-state index is 13.0. The van der Waals surface area contributed by atoms with Gasteiger partial charge in [0.2, 0.25) is 5.91 Å². The van der Waals surface area contributed by atoms with Crippen LogP contribution in [0.1, 0.15) is 42.0 Å². The van der Waals surface area contributed by atoms with Crippen LogP contribution in [0.25, 0.3) is 0 Å². The Labute approximate surface area is 199 Å². The minimum Gasteiger partial charge on any atom is -0.445 e. The first-order valence-electron chi connectivity index (χ1n) is 11.9. The fourth-order valence-corrected chi connectivity index (χ4v) is 4.12. The second-order valence-electron chi connectivity index (χ2n) is 8.48. The summed E-state index contributed by atoms with van der Waals surface area (Å²) in [6.07, 6.45) is 4.76. The molecule has 2 N–H and O–H groups in total. The summed E-state index contributed by atoms with van der Waals surface area (Å²) in [5.41, 5.74) is 1.84. The molecule has 0 aliphatic carbocycles. The van der Waals surface area contributed by atoms with Gasteiger partial charge in [0.1, 0.15) is 24.3 Å². The first kappa shape index (κ1) is 23.5. The number of rotatable bonds is 9. The third-order valence-corrected chi connectivity index (χ3v) is 5.94. The van der Waals surface area contributed by atoms with Crippen LogP contribution in [0.5, 0.6) is 0 Å². The summed E-state index contributed by atoms with van der Waals surface area (Å²) in [7, 11) is 0. The number of alkyl carbamates (subject to hydrolysis) is 1. The summed E-state index contributed by atoms with van der Waals surface area (Å²) in [6.45, 7) is 1.49. The van der Waals surface area contributed by atoms with Gasteiger partial charge in [0.15, 0.2) is 0 Å². The topological polar surface area (TPSA) is 98.1 Å². The Morgan fingerprint density at radius 2 is 1.68 bits per heavy atom. The third kappa shape index (κ3) is 6.66. The lowest BCUT2D eigenvalue weighted by atomic mass is 10.1. The fraction of sp³-hybridized carbons (Fsp3) is 0.385. The summed E-state index contributed by atoms with van der Waals surface area (Å²) >= 11 is 0. The van der Waals surface area contributed by atoms with Crippen LogP contribution < -0.4 is 10.6 Å². The largest absolute Gasteiger partial charge is 0.445 e. The number of carbonyl (C=O) groups excluding carboxylic acids is 2. The smallest absolute Gasteiger partial charge is 0.408 e. The summed E-state index contributed by atoms with van der Waals surface area (Å²) in [6, 6.07) is 18.3. The van der Waals surface area contributed by atoms with Crippen molar-refractivity contribution < 1.29 is 14.3 Å². The SMILES string of the molecule is O=C(NC(Cc1ccccc1)C(=O)NCCc1nnc2n1CCCCC2)OCc1ccccc1. The maximum Gasteiger partial charge on any atom is 0.408 e. The Morgan fingerprint density at radius 3 is 2.44 bits per heavy atom. The van der Waals surface area contributed by atoms with Crippen LogP contribution in [0.3, 0.4) is 0 Å². The molecule has 0 spiro atoms. The quantitative estimate of drug-likeness (QED) is 0.510. The highest BCUT2D eigenvalue weighted by molar-refractivity contribution is 5.85. The summed E-state index contributed by atoms with van der Waals surface area (Å²) in [5, 5.41) is 14.3. The van der Waals surface area contributed by atoms with E-state index in [1.54, 1.807) is 0 Å². The van der Waals surface area contributed by atoms with Crippen molar-refractivity contribution in [2.45, 2.75) is 57.7 Å². The van der Waals surface area contributed by atoms with Gasteiger partial charge in [0.05, 0.1) is 0 Å². The molecule has 3 aromatic rings. The molecule has 0 bridgehead atoms. The normalized spacial score (nSPS) is 13.9. The average molecular weight is 462 g/mol. The zero-order valence-electron chi connectivity index (χ0n) is 19.3. The second-order valence-corrected chi connectivity index (χ2v) is 8.48. The number of hydrogen-bond donors (Lipinski definition) is 2. The number of hydrogen-bond acceptors (Lipinski definition) is 5. The molecule has 0 fully saturated rings. The van der Waals surface area contributed by atoms with Gasteiger partial charge in [-0.15, -0.1) is 10.2 Å². The van der Waals surface area contributed by atoms with E-state index in [4.69, 9.17) is 4.74 Å². The number of nitrogens with one attached hydrogen (secondary N) is 2. The van der Waals surface area contributed by atoms with Crippen LogP contribution in [0.2, 0.25) is 0 Å². The molecule has 0 saturated carbocycles. The van der Waals surface area contributed by atoms with Crippen LogP contribution >= 0.6 is 0 Å². The molecule has 1 aliphatic rings. The third-order valence-electron chi connectivity index (χ3n) is 5.94. The molecule has 1 unspecified atom stereocenters. The molecule has 2 amide bonds. The Kier molecular flexibility index (Phi) is 8.27. The summed E-state index contributed by atoms with van der Waals surface area (Å²) in [4.78, 5) is 25.4. The van der Waals surface area contributed by atoms with Gasteiger partial charge in [-0.2, -0.15) is 0 Å². The highest BCUT2D eigenvalue weighted by Crippen LogP contribution is 2.14. The van der Waals surface area contributed by atoms with Crippen molar-refractivity contribution in [3.8, 4) is 0 Å². The number of fused-ring (bicyclic) bond motifs is 1. The molecule has 1 atom stereocenters. The lowest BCUT2D eigenvalue weighted by Gasteiger charge is -2.18. The Hall–Kier alpha value is -3.68. The van der Waals surface area contributed by atoms with E-state index in [-0.39, 0.29) is 12.5 Å². The number of nitrogens with zero attached hydrogens (tertiary/aromatic N) is 3. The van der Waals surface area contributed by atoms with E-state index < -0.39 is 12.1 Å². The lowest BCUT2D eigenvalue weighted by molar-refractivity contribution is -0.123. The van der Waals surface area contributed by atoms with Crippen LogP contribution in [0, 0.1) is 0 Å². The minimum absolute atomic E-state index is 0.143. The molecular formula is C26H31N5O3. The van der Waals surface area contributed by atoms with Crippen molar-refractivity contribution in [1.29, 1.82) is 0 Å². The molecule has 8 heteroatoms. The average Bonchev–Trinajstić information content (AvgIpc) is 3.09. The van der Waals surface area contributed by atoms with Crippen molar-refractivity contribution in [2.75, 3.05) is 6.54 Å². The van der Waals surface area contributed by atoms with Gasteiger partial charge < -0.3 is 19.9 Å². The van der Waals surface area contributed by atoms with Gasteiger partial charge in [-0.05, 0) is 24.0 Å². The van der Waals surface area contributed by atoms with Gasteiger partial charge in [0.25, 0.3) is 0 Å². The van der Waals surface area contributed by atoms with Crippen molar-refractivity contribution >= 4 is 12.0 Å². The van der Waals surface area contributed by atoms with Gasteiger partial charge in [0, 0.05) is 32.4 Å². The van der Waals surface area contributed by atoms with E-state index in [1.807, 2.05) is 60.7 Å². The number of aromatic nitrogens is 3. The number of benzene rings is 2. The molecule has 178 valence electrons. The highest BCUT2D eigenvalue weighted by atomic mass is 16.5. The lowest BCUT2D eigenvalue weighted by Crippen LogP contribution is -2.48. The number of ether oxygens (including phenoxy) is 1. The van der Waals surface area contributed by atoms with Gasteiger partial charge in [-0.1, -0.05) is 67.1 Å². The molecule has 0 radical (unpaired) electrons. The van der Waals surface area contributed by atoms with Crippen molar-refractivity contribution in [3.63, 3.8) is 0 Å². The maximum atomic E-state index is 13.0. The number of aryl methyl sites for hydroxylation is 1. The summed E-state index contributed by atoms with van der Waals surface area (Å²) in [5.74, 6) is 1.67. The zero-order valence-corrected chi connectivity index (χ0v) is 19.3. The van der Waals surface area contributed by atoms with E-state index in [9.17, 15) is 9.59 Å². The van der Waals surface area contributed by atoms with Crippen molar-refractivity contribution in [3.05, 3.63) is 83.4 Å². The molecule has 0 saturated heterocycles. The Bertz CT molecular complexity index is 1070. The van der Waals surface area contributed by atoms with Crippen LogP contribution in [0.15, 0.2) is 60.7 Å². The molecular weight excluding hydrogens is 430 g/mol. The molecule has 1 aromatic heterocycles. The zero-order chi connectivity index (χ0) is 23.6. The first-order chi connectivity index (χ1) is 16.7. The second kappa shape index (κ2) is 12.0. The van der Waals surface area contributed by atoms with Crippen LogP contribution in [0.4, 0.5) is 4.79 Å². The van der Waals surface area contributed by atoms with Crippen LogP contribution in [-0.4, -0.2) is 39.4 Å². The van der Waals surface area contributed by atoms with E-state index in [1.165, 1.54) is 6.42 Å².